The maximum atomic E-state index is 14.5. The third-order valence-electron chi connectivity index (χ3n) is 4.68. The van der Waals surface area contributed by atoms with E-state index >= 15 is 0 Å². The number of nitrogens with two attached hydrogens (primary N) is 1. The Morgan fingerprint density at radius 3 is 2.50 bits per heavy atom. The van der Waals surface area contributed by atoms with Crippen LogP contribution in [0.4, 0.5) is 26.3 Å². The van der Waals surface area contributed by atoms with E-state index in [0.717, 1.165) is 21.5 Å². The molecule has 1 aromatic carbocycles. The van der Waals surface area contributed by atoms with Crippen molar-refractivity contribution >= 4 is 17.3 Å². The molecule has 0 unspecified atom stereocenters. The van der Waals surface area contributed by atoms with Crippen LogP contribution in [-0.4, -0.2) is 45.4 Å². The van der Waals surface area contributed by atoms with E-state index < -0.39 is 29.7 Å². The molecule has 0 spiro atoms. The van der Waals surface area contributed by atoms with Crippen molar-refractivity contribution < 1.29 is 45.7 Å². The molecule has 0 saturated heterocycles. The molecule has 0 radical (unpaired) electrons. The summed E-state index contributed by atoms with van der Waals surface area (Å²) in [6, 6.07) is 6.62. The normalized spacial score (nSPS) is 12.2. The van der Waals surface area contributed by atoms with E-state index in [-0.39, 0.29) is 42.6 Å². The number of halogens is 6. The number of benzene rings is 1. The Balaban J connectivity index is 0.000000454. The maximum absolute atomic E-state index is 14.5. The molecule has 16 heteroatoms. The maximum Gasteiger partial charge on any atom is 0.490 e. The fourth-order valence-electron chi connectivity index (χ4n) is 2.91. The van der Waals surface area contributed by atoms with Gasteiger partial charge >= 0.3 is 17.8 Å². The predicted octanol–water partition coefficient (Wildman–Crippen LogP) is 3.50. The van der Waals surface area contributed by atoms with Gasteiger partial charge in [-0.3, -0.25) is 4.57 Å². The molecule has 9 nitrogen and oxygen atoms in total. The van der Waals surface area contributed by atoms with Crippen LogP contribution in [0.25, 0.3) is 10.4 Å². The molecule has 0 aliphatic carbocycles. The van der Waals surface area contributed by atoms with Gasteiger partial charge in [0.05, 0.1) is 11.4 Å². The molecule has 3 aromatic rings. The zero-order valence-corrected chi connectivity index (χ0v) is 18.7. The number of alkyl halides is 3. The van der Waals surface area contributed by atoms with E-state index in [1.807, 2.05) is 0 Å². The van der Waals surface area contributed by atoms with E-state index in [0.29, 0.717) is 16.4 Å². The van der Waals surface area contributed by atoms with Gasteiger partial charge < -0.3 is 20.3 Å². The predicted molar refractivity (Wildman–Crippen MR) is 113 cm³/mol. The number of H-pyrrole nitrogens is 1. The van der Waals surface area contributed by atoms with Crippen molar-refractivity contribution in [3.63, 3.8) is 0 Å². The summed E-state index contributed by atoms with van der Waals surface area (Å²) < 4.78 is 83.8. The molecule has 1 aliphatic rings. The van der Waals surface area contributed by atoms with Gasteiger partial charge in [0.2, 0.25) is 6.79 Å². The first-order chi connectivity index (χ1) is 16.9. The van der Waals surface area contributed by atoms with Crippen LogP contribution >= 0.6 is 11.3 Å². The van der Waals surface area contributed by atoms with Crippen molar-refractivity contribution in [3.8, 4) is 21.9 Å². The summed E-state index contributed by atoms with van der Waals surface area (Å²) in [5.41, 5.74) is 5.10. The van der Waals surface area contributed by atoms with Crippen molar-refractivity contribution in [1.82, 2.24) is 14.8 Å². The van der Waals surface area contributed by atoms with Gasteiger partial charge in [0.15, 0.2) is 11.5 Å². The number of ether oxygens (including phenoxy) is 2. The number of carboxylic acids is 1. The van der Waals surface area contributed by atoms with Crippen molar-refractivity contribution in [2.24, 2.45) is 5.73 Å². The minimum atomic E-state index is -5.08. The fraction of sp³-hybridized carbons (Fsp3) is 0.250. The van der Waals surface area contributed by atoms with E-state index in [1.165, 1.54) is 6.07 Å². The molecule has 0 amide bonds. The highest BCUT2D eigenvalue weighted by Gasteiger charge is 2.38. The molecule has 0 saturated carbocycles. The zero-order chi connectivity index (χ0) is 26.6. The Kier molecular flexibility index (Phi) is 8.09. The lowest BCUT2D eigenvalue weighted by molar-refractivity contribution is -0.192. The number of carboxylic acid groups (broad SMARTS) is 1. The number of carbonyl (C=O) groups is 1. The Hall–Kier alpha value is -3.79. The molecule has 4 N–H and O–H groups in total. The van der Waals surface area contributed by atoms with Gasteiger partial charge in [-0.05, 0) is 29.8 Å². The average molecular weight is 538 g/mol. The number of aromatic amines is 1. The average Bonchev–Trinajstić information content (AvgIpc) is 3.51. The minimum absolute atomic E-state index is 0.0562. The Morgan fingerprint density at radius 1 is 1.22 bits per heavy atom. The molecular weight excluding hydrogens is 522 g/mol. The van der Waals surface area contributed by atoms with Gasteiger partial charge in [-0.1, -0.05) is 0 Å². The van der Waals surface area contributed by atoms with Crippen molar-refractivity contribution in [2.75, 3.05) is 13.3 Å². The number of hydrogen-bond acceptors (Lipinski definition) is 7. The highest BCUT2D eigenvalue weighted by molar-refractivity contribution is 7.15. The summed E-state index contributed by atoms with van der Waals surface area (Å²) >= 11 is 1.15. The number of aliphatic carboxylic acids is 1. The summed E-state index contributed by atoms with van der Waals surface area (Å²) in [4.78, 5) is 21.9. The molecule has 2 aromatic heterocycles. The van der Waals surface area contributed by atoms with Gasteiger partial charge in [-0.15, -0.1) is 11.3 Å². The van der Waals surface area contributed by atoms with Crippen LogP contribution in [-0.2, 0) is 17.8 Å². The van der Waals surface area contributed by atoms with Crippen LogP contribution in [0.3, 0.4) is 0 Å². The Bertz CT molecular complexity index is 1340. The first-order valence-electron chi connectivity index (χ1n) is 9.76. The number of fused-ring (bicyclic) bond motifs is 1. The molecule has 4 rings (SSSR count). The number of nitrogens with one attached hydrogen (secondary N) is 1. The van der Waals surface area contributed by atoms with E-state index in [1.54, 1.807) is 18.2 Å². The van der Waals surface area contributed by atoms with Crippen LogP contribution in [0.15, 0.2) is 40.7 Å². The van der Waals surface area contributed by atoms with Crippen LogP contribution in [0.1, 0.15) is 10.7 Å². The van der Waals surface area contributed by atoms with Crippen LogP contribution in [0.5, 0.6) is 11.5 Å². The van der Waals surface area contributed by atoms with Crippen molar-refractivity contribution in [1.29, 1.82) is 0 Å². The highest BCUT2D eigenvalue weighted by atomic mass is 32.1. The van der Waals surface area contributed by atoms with Crippen molar-refractivity contribution in [2.45, 2.75) is 19.1 Å². The molecule has 0 fully saturated rings. The lowest BCUT2D eigenvalue weighted by atomic mass is 10.1. The number of aromatic nitrogens is 3. The van der Waals surface area contributed by atoms with E-state index in [4.69, 9.17) is 25.1 Å². The lowest BCUT2D eigenvalue weighted by Gasteiger charge is -2.06. The van der Waals surface area contributed by atoms with Crippen LogP contribution < -0.4 is 20.9 Å². The second kappa shape index (κ2) is 10.9. The first-order valence-corrected chi connectivity index (χ1v) is 10.6. The largest absolute Gasteiger partial charge is 0.490 e. The standard InChI is InChI=1S/C18H15F3N4O3S.C2HF3O2/c19-11-5-14(9-1-2-12-13(3-9)28-8-27-12)29-15(11)7-25-16(23-24-18(25)26)4-10(6-22)17(20)21;3-2(4,5)1(6)7/h1-3,5H,4,6-8,22H2,(H,24,26);(H,6,7). The van der Waals surface area contributed by atoms with Gasteiger partial charge in [0, 0.05) is 23.4 Å². The summed E-state index contributed by atoms with van der Waals surface area (Å²) in [6.45, 7) is -0.379. The van der Waals surface area contributed by atoms with E-state index in [2.05, 4.69) is 10.2 Å². The zero-order valence-electron chi connectivity index (χ0n) is 17.9. The van der Waals surface area contributed by atoms with Crippen molar-refractivity contribution in [3.05, 3.63) is 62.9 Å². The number of nitrogens with zero attached hydrogens (tertiary/aromatic N) is 2. The Labute approximate surface area is 201 Å². The number of rotatable bonds is 6. The van der Waals surface area contributed by atoms with Crippen LogP contribution in [0, 0.1) is 5.82 Å². The van der Waals surface area contributed by atoms with Gasteiger partial charge in [0.25, 0.3) is 6.08 Å². The Morgan fingerprint density at radius 2 is 1.89 bits per heavy atom. The number of hydrogen-bond donors (Lipinski definition) is 3. The minimum Gasteiger partial charge on any atom is -0.475 e. The molecule has 0 atom stereocenters. The van der Waals surface area contributed by atoms with Gasteiger partial charge in [0.1, 0.15) is 11.6 Å². The monoisotopic (exact) mass is 538 g/mol. The first kappa shape index (κ1) is 26.8. The molecule has 36 heavy (non-hydrogen) atoms. The molecule has 3 heterocycles. The third-order valence-corrected chi connectivity index (χ3v) is 5.83. The summed E-state index contributed by atoms with van der Waals surface area (Å²) in [6.07, 6.45) is -7.30. The molecule has 194 valence electrons. The summed E-state index contributed by atoms with van der Waals surface area (Å²) in [5.74, 6) is -2.02. The lowest BCUT2D eigenvalue weighted by Crippen LogP contribution is -2.21. The number of thiophene rings is 1. The SMILES string of the molecule is NCC(Cc1n[nH]c(=O)n1Cc1sc(-c2ccc3c(c2)OCO3)cc1F)=C(F)F.O=C(O)C(F)(F)F. The molecule has 0 bridgehead atoms. The molecule has 1 aliphatic heterocycles. The van der Waals surface area contributed by atoms with Crippen LogP contribution in [0.2, 0.25) is 0 Å². The quantitative estimate of drug-likeness (QED) is 0.409. The second-order valence-electron chi connectivity index (χ2n) is 7.03. The van der Waals surface area contributed by atoms with E-state index in [9.17, 15) is 31.1 Å². The van der Waals surface area contributed by atoms with Gasteiger partial charge in [-0.25, -0.2) is 19.1 Å². The fourth-order valence-corrected chi connectivity index (χ4v) is 3.93. The topological polar surface area (TPSA) is 132 Å². The molecular formula is C20H16F6N4O5S. The highest BCUT2D eigenvalue weighted by Crippen LogP contribution is 2.38. The summed E-state index contributed by atoms with van der Waals surface area (Å²) in [7, 11) is 0. The second-order valence-corrected chi connectivity index (χ2v) is 8.17. The van der Waals surface area contributed by atoms with Gasteiger partial charge in [-0.2, -0.15) is 27.1 Å². The summed E-state index contributed by atoms with van der Waals surface area (Å²) in [5, 5.41) is 13.1. The third kappa shape index (κ3) is 6.25. The smallest absolute Gasteiger partial charge is 0.475 e.